The van der Waals surface area contributed by atoms with E-state index in [0.29, 0.717) is 0 Å². The van der Waals surface area contributed by atoms with Crippen molar-refractivity contribution in [1.82, 2.24) is 5.32 Å². The van der Waals surface area contributed by atoms with Gasteiger partial charge in [-0.1, -0.05) is 22.6 Å². The Labute approximate surface area is 93.7 Å². The Balaban J connectivity index is 3.20. The second kappa shape index (κ2) is 8.74. The van der Waals surface area contributed by atoms with Gasteiger partial charge in [-0.25, -0.2) is 0 Å². The van der Waals surface area contributed by atoms with Crippen LogP contribution < -0.4 is 5.32 Å². The van der Waals surface area contributed by atoms with E-state index >= 15 is 0 Å². The third-order valence-corrected chi connectivity index (χ3v) is 2.19. The van der Waals surface area contributed by atoms with Gasteiger partial charge in [-0.2, -0.15) is 0 Å². The van der Waals surface area contributed by atoms with Crippen LogP contribution in [-0.2, 0) is 9.53 Å². The fourth-order valence-electron chi connectivity index (χ4n) is 0.741. The molecule has 0 saturated carbocycles. The smallest absolute Gasteiger partial charge is 0.246 e. The number of rotatable bonds is 7. The highest BCUT2D eigenvalue weighted by atomic mass is 127. The van der Waals surface area contributed by atoms with Crippen molar-refractivity contribution in [3.8, 4) is 0 Å². The van der Waals surface area contributed by atoms with E-state index in [-0.39, 0.29) is 18.6 Å². The number of hydrogen-bond acceptors (Lipinski definition) is 2. The normalized spacial score (nSPS) is 10.5. The Morgan fingerprint density at radius 1 is 1.46 bits per heavy atom. The molecule has 78 valence electrons. The molecule has 0 aliphatic carbocycles. The van der Waals surface area contributed by atoms with Crippen LogP contribution in [0.25, 0.3) is 0 Å². The van der Waals surface area contributed by atoms with Crippen LogP contribution in [0.4, 0.5) is 0 Å². The standard InChI is InChI=1S/C9H18INO2/c1-8(2)13-7-9(12)11-6-4-3-5-10/h8H,3-7H2,1-2H3,(H,11,12). The summed E-state index contributed by atoms with van der Waals surface area (Å²) in [5.41, 5.74) is 0. The van der Waals surface area contributed by atoms with Gasteiger partial charge in [0.2, 0.25) is 5.91 Å². The van der Waals surface area contributed by atoms with Crippen molar-refractivity contribution >= 4 is 28.5 Å². The molecule has 1 N–H and O–H groups in total. The Morgan fingerprint density at radius 3 is 2.69 bits per heavy atom. The third-order valence-electron chi connectivity index (χ3n) is 1.43. The highest BCUT2D eigenvalue weighted by Gasteiger charge is 2.01. The predicted octanol–water partition coefficient (Wildman–Crippen LogP) is 1.74. The fraction of sp³-hybridized carbons (Fsp3) is 0.889. The van der Waals surface area contributed by atoms with E-state index in [4.69, 9.17) is 4.74 Å². The van der Waals surface area contributed by atoms with Crippen molar-refractivity contribution in [3.05, 3.63) is 0 Å². The molecule has 0 unspecified atom stereocenters. The number of alkyl halides is 1. The van der Waals surface area contributed by atoms with Crippen molar-refractivity contribution in [2.24, 2.45) is 0 Å². The summed E-state index contributed by atoms with van der Waals surface area (Å²) in [6.07, 6.45) is 2.34. The lowest BCUT2D eigenvalue weighted by molar-refractivity contribution is -0.127. The monoisotopic (exact) mass is 299 g/mol. The molecule has 0 fully saturated rings. The summed E-state index contributed by atoms with van der Waals surface area (Å²) in [5.74, 6) is -0.0119. The van der Waals surface area contributed by atoms with E-state index in [1.165, 1.54) is 0 Å². The lowest BCUT2D eigenvalue weighted by Gasteiger charge is -2.07. The number of carbonyl (C=O) groups excluding carboxylic acids is 1. The highest BCUT2D eigenvalue weighted by Crippen LogP contribution is 1.92. The quantitative estimate of drug-likeness (QED) is 0.442. The Hall–Kier alpha value is 0.160. The number of amides is 1. The van der Waals surface area contributed by atoms with E-state index in [1.54, 1.807) is 0 Å². The molecule has 0 heterocycles. The number of unbranched alkanes of at least 4 members (excludes halogenated alkanes) is 1. The predicted molar refractivity (Wildman–Crippen MR) is 62.2 cm³/mol. The van der Waals surface area contributed by atoms with E-state index in [1.807, 2.05) is 13.8 Å². The first-order valence-corrected chi connectivity index (χ1v) is 6.13. The average Bonchev–Trinajstić information content (AvgIpc) is 2.09. The molecule has 0 aliphatic rings. The first kappa shape index (κ1) is 13.2. The SMILES string of the molecule is CC(C)OCC(=O)NCCCCI. The maximum Gasteiger partial charge on any atom is 0.246 e. The van der Waals surface area contributed by atoms with Crippen LogP contribution >= 0.6 is 22.6 Å². The zero-order valence-electron chi connectivity index (χ0n) is 8.31. The van der Waals surface area contributed by atoms with Crippen LogP contribution in [0.1, 0.15) is 26.7 Å². The third kappa shape index (κ3) is 10.1. The van der Waals surface area contributed by atoms with Crippen LogP contribution in [0.3, 0.4) is 0 Å². The molecule has 0 aromatic heterocycles. The number of hydrogen-bond donors (Lipinski definition) is 1. The molecule has 0 spiro atoms. The van der Waals surface area contributed by atoms with Crippen molar-refractivity contribution in [1.29, 1.82) is 0 Å². The van der Waals surface area contributed by atoms with E-state index in [0.717, 1.165) is 23.8 Å². The van der Waals surface area contributed by atoms with Gasteiger partial charge in [0.1, 0.15) is 6.61 Å². The Bertz CT molecular complexity index is 140. The molecule has 13 heavy (non-hydrogen) atoms. The van der Waals surface area contributed by atoms with E-state index in [2.05, 4.69) is 27.9 Å². The number of ether oxygens (including phenoxy) is 1. The maximum atomic E-state index is 11.1. The lowest BCUT2D eigenvalue weighted by Crippen LogP contribution is -2.29. The minimum atomic E-state index is -0.0119. The van der Waals surface area contributed by atoms with Gasteiger partial charge in [-0.05, 0) is 31.1 Å². The number of carbonyl (C=O) groups is 1. The number of nitrogens with one attached hydrogen (secondary N) is 1. The van der Waals surface area contributed by atoms with Crippen molar-refractivity contribution in [3.63, 3.8) is 0 Å². The van der Waals surface area contributed by atoms with Crippen molar-refractivity contribution in [2.45, 2.75) is 32.8 Å². The first-order valence-electron chi connectivity index (χ1n) is 4.61. The molecular formula is C9H18INO2. The summed E-state index contributed by atoms with van der Waals surface area (Å²) < 4.78 is 6.30. The van der Waals surface area contributed by atoms with Crippen LogP contribution in [-0.4, -0.2) is 29.6 Å². The summed E-state index contributed by atoms with van der Waals surface area (Å²) >= 11 is 2.33. The maximum absolute atomic E-state index is 11.1. The molecule has 0 bridgehead atoms. The molecule has 0 rings (SSSR count). The van der Waals surface area contributed by atoms with Gasteiger partial charge in [0, 0.05) is 6.54 Å². The minimum absolute atomic E-state index is 0.0119. The van der Waals surface area contributed by atoms with Gasteiger partial charge in [0.15, 0.2) is 0 Å². The molecule has 0 radical (unpaired) electrons. The fourth-order valence-corrected chi connectivity index (χ4v) is 1.28. The van der Waals surface area contributed by atoms with Gasteiger partial charge in [-0.3, -0.25) is 4.79 Å². The molecule has 3 nitrogen and oxygen atoms in total. The van der Waals surface area contributed by atoms with Crippen LogP contribution in [0.15, 0.2) is 0 Å². The highest BCUT2D eigenvalue weighted by molar-refractivity contribution is 14.1. The second-order valence-electron chi connectivity index (χ2n) is 3.11. The summed E-state index contributed by atoms with van der Waals surface area (Å²) in [6.45, 7) is 4.79. The number of halogens is 1. The Morgan fingerprint density at radius 2 is 2.15 bits per heavy atom. The van der Waals surface area contributed by atoms with Crippen molar-refractivity contribution < 1.29 is 9.53 Å². The van der Waals surface area contributed by atoms with Gasteiger partial charge in [0.05, 0.1) is 6.10 Å². The van der Waals surface area contributed by atoms with Crippen LogP contribution in [0.5, 0.6) is 0 Å². The molecule has 0 aliphatic heterocycles. The zero-order chi connectivity index (χ0) is 10.1. The van der Waals surface area contributed by atoms with Crippen LogP contribution in [0, 0.1) is 0 Å². The molecule has 0 saturated heterocycles. The summed E-state index contributed by atoms with van der Waals surface area (Å²) in [4.78, 5) is 11.1. The second-order valence-corrected chi connectivity index (χ2v) is 4.18. The zero-order valence-corrected chi connectivity index (χ0v) is 10.5. The van der Waals surface area contributed by atoms with Crippen molar-refractivity contribution in [2.75, 3.05) is 17.6 Å². The lowest BCUT2D eigenvalue weighted by atomic mass is 10.3. The molecular weight excluding hydrogens is 281 g/mol. The molecule has 0 aromatic carbocycles. The molecule has 0 aromatic rings. The van der Waals surface area contributed by atoms with E-state index < -0.39 is 0 Å². The summed E-state index contributed by atoms with van der Waals surface area (Å²) in [5, 5.41) is 2.81. The summed E-state index contributed by atoms with van der Waals surface area (Å²) in [6, 6.07) is 0. The van der Waals surface area contributed by atoms with Crippen LogP contribution in [0.2, 0.25) is 0 Å². The van der Waals surface area contributed by atoms with Gasteiger partial charge < -0.3 is 10.1 Å². The average molecular weight is 299 g/mol. The topological polar surface area (TPSA) is 38.3 Å². The van der Waals surface area contributed by atoms with Gasteiger partial charge in [0.25, 0.3) is 0 Å². The molecule has 4 heteroatoms. The Kier molecular flexibility index (Phi) is 8.85. The molecule has 1 amide bonds. The minimum Gasteiger partial charge on any atom is -0.369 e. The van der Waals surface area contributed by atoms with E-state index in [9.17, 15) is 4.79 Å². The summed E-state index contributed by atoms with van der Waals surface area (Å²) in [7, 11) is 0. The van der Waals surface area contributed by atoms with Gasteiger partial charge in [-0.15, -0.1) is 0 Å². The first-order chi connectivity index (χ1) is 6.16. The largest absolute Gasteiger partial charge is 0.369 e. The molecule has 0 atom stereocenters. The van der Waals surface area contributed by atoms with Gasteiger partial charge >= 0.3 is 0 Å².